The van der Waals surface area contributed by atoms with E-state index in [9.17, 15) is 9.18 Å². The third-order valence-corrected chi connectivity index (χ3v) is 5.00. The van der Waals surface area contributed by atoms with Crippen molar-refractivity contribution in [2.75, 3.05) is 19.6 Å². The molecule has 0 bridgehead atoms. The van der Waals surface area contributed by atoms with Crippen molar-refractivity contribution in [3.63, 3.8) is 0 Å². The zero-order valence-electron chi connectivity index (χ0n) is 17.4. The normalized spacial score (nSPS) is 13.9. The van der Waals surface area contributed by atoms with E-state index in [1.807, 2.05) is 30.0 Å². The number of halogens is 2. The first kappa shape index (κ1) is 24.1. The van der Waals surface area contributed by atoms with Crippen LogP contribution in [-0.4, -0.2) is 36.4 Å². The number of nitrogens with one attached hydrogen (secondary N) is 2. The van der Waals surface area contributed by atoms with Crippen molar-refractivity contribution in [2.24, 2.45) is 4.99 Å². The molecular weight excluding hydrogens is 494 g/mol. The Labute approximate surface area is 195 Å². The number of guanidine groups is 1. The predicted molar refractivity (Wildman–Crippen MR) is 129 cm³/mol. The summed E-state index contributed by atoms with van der Waals surface area (Å²) in [6.07, 6.45) is 2.31. The van der Waals surface area contributed by atoms with Gasteiger partial charge in [0.05, 0.1) is 6.54 Å². The molecule has 1 amide bonds. The molecule has 0 saturated carbocycles. The fourth-order valence-corrected chi connectivity index (χ4v) is 3.47. The maximum atomic E-state index is 13.3. The molecule has 1 aliphatic rings. The van der Waals surface area contributed by atoms with Gasteiger partial charge in [-0.15, -0.1) is 24.0 Å². The first-order valence-corrected chi connectivity index (χ1v) is 10.3. The summed E-state index contributed by atoms with van der Waals surface area (Å²) in [4.78, 5) is 18.6. The Morgan fingerprint density at radius 1 is 1.13 bits per heavy atom. The molecule has 0 radical (unpaired) electrons. The van der Waals surface area contributed by atoms with Crippen molar-refractivity contribution in [3.8, 4) is 0 Å². The molecule has 7 heteroatoms. The van der Waals surface area contributed by atoms with E-state index in [1.54, 1.807) is 12.1 Å². The number of amides is 1. The number of likely N-dealkylation sites (tertiary alicyclic amines) is 1. The molecule has 1 saturated heterocycles. The van der Waals surface area contributed by atoms with Crippen molar-refractivity contribution in [1.29, 1.82) is 0 Å². The Morgan fingerprint density at radius 2 is 1.93 bits per heavy atom. The monoisotopic (exact) mass is 524 g/mol. The van der Waals surface area contributed by atoms with Crippen LogP contribution in [0.1, 0.15) is 36.5 Å². The average molecular weight is 524 g/mol. The highest BCUT2D eigenvalue weighted by atomic mass is 127. The Balaban J connectivity index is 0.00000320. The summed E-state index contributed by atoms with van der Waals surface area (Å²) >= 11 is 0. The van der Waals surface area contributed by atoms with E-state index in [2.05, 4.69) is 22.8 Å². The summed E-state index contributed by atoms with van der Waals surface area (Å²) in [5.41, 5.74) is 3.21. The second-order valence-electron chi connectivity index (χ2n) is 7.19. The van der Waals surface area contributed by atoms with E-state index in [1.165, 1.54) is 6.07 Å². The van der Waals surface area contributed by atoms with Crippen LogP contribution >= 0.6 is 24.0 Å². The highest BCUT2D eigenvalue weighted by Gasteiger charge is 2.20. The molecule has 0 unspecified atom stereocenters. The van der Waals surface area contributed by atoms with Crippen LogP contribution in [0.2, 0.25) is 0 Å². The van der Waals surface area contributed by atoms with E-state index in [0.29, 0.717) is 26.1 Å². The number of carbonyl (C=O) groups is 1. The van der Waals surface area contributed by atoms with Crippen LogP contribution in [0, 0.1) is 5.82 Å². The molecule has 3 rings (SSSR count). The van der Waals surface area contributed by atoms with Gasteiger partial charge in [0.2, 0.25) is 5.91 Å². The van der Waals surface area contributed by atoms with Gasteiger partial charge >= 0.3 is 0 Å². The van der Waals surface area contributed by atoms with Gasteiger partial charge in [0.25, 0.3) is 0 Å². The molecule has 0 aromatic heterocycles. The number of aliphatic imine (C=N–C) groups is 1. The fourth-order valence-electron chi connectivity index (χ4n) is 3.47. The molecule has 5 nitrogen and oxygen atoms in total. The summed E-state index contributed by atoms with van der Waals surface area (Å²) in [6, 6.07) is 14.8. The smallest absolute Gasteiger partial charge is 0.222 e. The summed E-state index contributed by atoms with van der Waals surface area (Å²) in [5.74, 6) is 0.753. The van der Waals surface area contributed by atoms with E-state index >= 15 is 0 Å². The minimum absolute atomic E-state index is 0. The topological polar surface area (TPSA) is 56.7 Å². The summed E-state index contributed by atoms with van der Waals surface area (Å²) in [5, 5.41) is 6.56. The molecule has 1 aliphatic heterocycles. The molecule has 0 aliphatic carbocycles. The van der Waals surface area contributed by atoms with Gasteiger partial charge in [-0.05, 0) is 48.6 Å². The van der Waals surface area contributed by atoms with E-state index in [-0.39, 0.29) is 35.7 Å². The molecule has 2 aromatic rings. The third-order valence-electron chi connectivity index (χ3n) is 5.00. The molecule has 0 spiro atoms. The zero-order chi connectivity index (χ0) is 20.5. The van der Waals surface area contributed by atoms with E-state index in [0.717, 1.165) is 48.6 Å². The first-order chi connectivity index (χ1) is 14.2. The fraction of sp³-hybridized carbons (Fsp3) is 0.391. The van der Waals surface area contributed by atoms with E-state index < -0.39 is 0 Å². The average Bonchev–Trinajstić information content (AvgIpc) is 3.12. The molecule has 2 N–H and O–H groups in total. The number of carbonyl (C=O) groups excluding carboxylic acids is 1. The molecule has 1 heterocycles. The van der Waals surface area contributed by atoms with Crippen LogP contribution in [0.4, 0.5) is 4.39 Å². The van der Waals surface area contributed by atoms with Gasteiger partial charge in [-0.1, -0.05) is 36.4 Å². The Bertz CT molecular complexity index is 859. The molecule has 2 aromatic carbocycles. The summed E-state index contributed by atoms with van der Waals surface area (Å²) < 4.78 is 13.3. The molecule has 0 atom stereocenters. The number of hydrogen-bond acceptors (Lipinski definition) is 2. The SMILES string of the molecule is CCNC(=NCc1ccccc1CN1CCCC1=O)NCCc1cccc(F)c1.I. The largest absolute Gasteiger partial charge is 0.357 e. The first-order valence-electron chi connectivity index (χ1n) is 10.3. The molecule has 162 valence electrons. The van der Waals surface area contributed by atoms with Gasteiger partial charge in [-0.25, -0.2) is 9.38 Å². The maximum absolute atomic E-state index is 13.3. The van der Waals surface area contributed by atoms with Crippen molar-refractivity contribution in [2.45, 2.75) is 39.3 Å². The van der Waals surface area contributed by atoms with Crippen LogP contribution in [-0.2, 0) is 24.3 Å². The van der Waals surface area contributed by atoms with Crippen molar-refractivity contribution in [1.82, 2.24) is 15.5 Å². The minimum Gasteiger partial charge on any atom is -0.357 e. The van der Waals surface area contributed by atoms with Gasteiger partial charge < -0.3 is 15.5 Å². The second kappa shape index (κ2) is 12.5. The van der Waals surface area contributed by atoms with Gasteiger partial charge in [0.15, 0.2) is 5.96 Å². The van der Waals surface area contributed by atoms with Crippen LogP contribution < -0.4 is 10.6 Å². The van der Waals surface area contributed by atoms with Crippen molar-refractivity contribution < 1.29 is 9.18 Å². The van der Waals surface area contributed by atoms with E-state index in [4.69, 9.17) is 4.99 Å². The van der Waals surface area contributed by atoms with Gasteiger partial charge in [0.1, 0.15) is 5.82 Å². The summed E-state index contributed by atoms with van der Waals surface area (Å²) in [6.45, 7) is 5.47. The Kier molecular flexibility index (Phi) is 10.1. The van der Waals surface area contributed by atoms with Crippen molar-refractivity contribution in [3.05, 3.63) is 71.0 Å². The lowest BCUT2D eigenvalue weighted by Crippen LogP contribution is -2.38. The lowest BCUT2D eigenvalue weighted by molar-refractivity contribution is -0.128. The number of benzene rings is 2. The van der Waals surface area contributed by atoms with Crippen LogP contribution in [0.25, 0.3) is 0 Å². The number of nitrogens with zero attached hydrogens (tertiary/aromatic N) is 2. The summed E-state index contributed by atoms with van der Waals surface area (Å²) in [7, 11) is 0. The minimum atomic E-state index is -0.212. The Hall–Kier alpha value is -2.16. The van der Waals surface area contributed by atoms with Gasteiger partial charge in [-0.2, -0.15) is 0 Å². The van der Waals surface area contributed by atoms with Crippen LogP contribution in [0.15, 0.2) is 53.5 Å². The standard InChI is InChI=1S/C23H29FN4O.HI/c1-2-25-23(26-13-12-18-7-5-10-21(24)15-18)27-16-19-8-3-4-9-20(19)17-28-14-6-11-22(28)29;/h3-5,7-10,15H,2,6,11-14,16-17H2,1H3,(H2,25,26,27);1H. The second-order valence-corrected chi connectivity index (χ2v) is 7.19. The highest BCUT2D eigenvalue weighted by molar-refractivity contribution is 14.0. The zero-order valence-corrected chi connectivity index (χ0v) is 19.7. The lowest BCUT2D eigenvalue weighted by Gasteiger charge is -2.18. The van der Waals surface area contributed by atoms with Crippen LogP contribution in [0.5, 0.6) is 0 Å². The predicted octanol–water partition coefficient (Wildman–Crippen LogP) is 3.86. The molecule has 30 heavy (non-hydrogen) atoms. The number of hydrogen-bond donors (Lipinski definition) is 2. The van der Waals surface area contributed by atoms with Crippen LogP contribution in [0.3, 0.4) is 0 Å². The molecule has 1 fully saturated rings. The van der Waals surface area contributed by atoms with Gasteiger partial charge in [-0.3, -0.25) is 4.79 Å². The number of rotatable bonds is 8. The third kappa shape index (κ3) is 7.27. The van der Waals surface area contributed by atoms with Gasteiger partial charge in [0, 0.05) is 32.6 Å². The maximum Gasteiger partial charge on any atom is 0.222 e. The lowest BCUT2D eigenvalue weighted by atomic mass is 10.1. The quantitative estimate of drug-likeness (QED) is 0.313. The van der Waals surface area contributed by atoms with Crippen molar-refractivity contribution >= 4 is 35.8 Å². The molecular formula is C23H30FIN4O. The highest BCUT2D eigenvalue weighted by Crippen LogP contribution is 2.17. The Morgan fingerprint density at radius 3 is 2.63 bits per heavy atom.